The fourth-order valence-corrected chi connectivity index (χ4v) is 3.09. The number of rotatable bonds is 10. The summed E-state index contributed by atoms with van der Waals surface area (Å²) in [4.78, 5) is 25.0. The number of nitrogens with zero attached hydrogens (tertiary/aromatic N) is 1. The number of ether oxygens (including phenoxy) is 1. The minimum Gasteiger partial charge on any atom is -0.493 e. The summed E-state index contributed by atoms with van der Waals surface area (Å²) in [5.41, 5.74) is 3.03. The highest BCUT2D eigenvalue weighted by Gasteiger charge is 2.25. The van der Waals surface area contributed by atoms with Crippen LogP contribution in [0.1, 0.15) is 49.5 Å². The Hall–Kier alpha value is -2.74. The fraction of sp³-hybridized carbons (Fsp3) is 0.348. The molecule has 0 aliphatic rings. The SMILES string of the molecule is CCCCOc1ccc(Br)cc1C=NNC(=O)C(NC(=O)c1ccccc1F)C(C)C. The molecule has 2 aromatic carbocycles. The average molecular weight is 492 g/mol. The van der Waals surface area contributed by atoms with E-state index in [1.165, 1.54) is 24.4 Å². The van der Waals surface area contributed by atoms with Crippen molar-refractivity contribution in [2.24, 2.45) is 11.0 Å². The van der Waals surface area contributed by atoms with Gasteiger partial charge in [-0.15, -0.1) is 0 Å². The van der Waals surface area contributed by atoms with E-state index in [0.29, 0.717) is 17.9 Å². The van der Waals surface area contributed by atoms with Gasteiger partial charge >= 0.3 is 0 Å². The molecule has 0 aromatic heterocycles. The van der Waals surface area contributed by atoms with E-state index in [1.807, 2.05) is 18.2 Å². The van der Waals surface area contributed by atoms with Crippen molar-refractivity contribution < 1.29 is 18.7 Å². The molecule has 6 nitrogen and oxygen atoms in total. The number of carbonyl (C=O) groups excluding carboxylic acids is 2. The topological polar surface area (TPSA) is 79.8 Å². The lowest BCUT2D eigenvalue weighted by molar-refractivity contribution is -0.123. The van der Waals surface area contributed by atoms with Gasteiger partial charge in [-0.1, -0.05) is 55.3 Å². The third kappa shape index (κ3) is 7.47. The van der Waals surface area contributed by atoms with E-state index in [4.69, 9.17) is 4.74 Å². The van der Waals surface area contributed by atoms with Crippen LogP contribution in [-0.4, -0.2) is 30.7 Å². The summed E-state index contributed by atoms with van der Waals surface area (Å²) in [6.45, 7) is 6.23. The van der Waals surface area contributed by atoms with Gasteiger partial charge in [-0.05, 0) is 42.7 Å². The minimum absolute atomic E-state index is 0.118. The fourth-order valence-electron chi connectivity index (χ4n) is 2.71. The normalized spacial score (nSPS) is 12.1. The van der Waals surface area contributed by atoms with E-state index in [0.717, 1.165) is 17.3 Å². The molecule has 2 N–H and O–H groups in total. The van der Waals surface area contributed by atoms with E-state index < -0.39 is 23.7 Å². The zero-order valence-corrected chi connectivity index (χ0v) is 19.4. The third-order valence-corrected chi connectivity index (χ3v) is 4.95. The lowest BCUT2D eigenvalue weighted by atomic mass is 10.0. The van der Waals surface area contributed by atoms with Crippen LogP contribution in [0.5, 0.6) is 5.75 Å². The van der Waals surface area contributed by atoms with E-state index in [-0.39, 0.29) is 11.5 Å². The van der Waals surface area contributed by atoms with Crippen LogP contribution in [0, 0.1) is 11.7 Å². The van der Waals surface area contributed by atoms with Crippen molar-refractivity contribution in [2.75, 3.05) is 6.61 Å². The van der Waals surface area contributed by atoms with E-state index in [9.17, 15) is 14.0 Å². The molecular formula is C23H27BrFN3O3. The summed E-state index contributed by atoms with van der Waals surface area (Å²) in [6, 6.07) is 10.3. The molecule has 0 aliphatic carbocycles. The Kier molecular flexibility index (Phi) is 9.65. The number of hydrogen-bond donors (Lipinski definition) is 2. The molecule has 0 radical (unpaired) electrons. The molecule has 2 rings (SSSR count). The number of carbonyl (C=O) groups is 2. The van der Waals surface area contributed by atoms with Gasteiger partial charge in [-0.25, -0.2) is 9.82 Å². The predicted molar refractivity (Wildman–Crippen MR) is 123 cm³/mol. The molecule has 0 heterocycles. The number of nitrogens with one attached hydrogen (secondary N) is 2. The largest absolute Gasteiger partial charge is 0.493 e. The van der Waals surface area contributed by atoms with Gasteiger partial charge in [-0.3, -0.25) is 9.59 Å². The zero-order chi connectivity index (χ0) is 22.8. The molecule has 1 unspecified atom stereocenters. The van der Waals surface area contributed by atoms with Gasteiger partial charge in [0, 0.05) is 10.0 Å². The Morgan fingerprint density at radius 3 is 2.65 bits per heavy atom. The van der Waals surface area contributed by atoms with Crippen LogP contribution in [0.4, 0.5) is 4.39 Å². The molecule has 31 heavy (non-hydrogen) atoms. The second kappa shape index (κ2) is 12.2. The number of hydrogen-bond acceptors (Lipinski definition) is 4. The summed E-state index contributed by atoms with van der Waals surface area (Å²) in [5.74, 6) is -1.38. The second-order valence-corrected chi connectivity index (χ2v) is 8.21. The molecule has 2 aromatic rings. The van der Waals surface area contributed by atoms with Crippen molar-refractivity contribution in [3.63, 3.8) is 0 Å². The molecule has 8 heteroatoms. The molecule has 0 spiro atoms. The molecule has 0 fully saturated rings. The van der Waals surface area contributed by atoms with Crippen LogP contribution < -0.4 is 15.5 Å². The second-order valence-electron chi connectivity index (χ2n) is 7.29. The molecule has 0 saturated carbocycles. The molecule has 0 saturated heterocycles. The summed E-state index contributed by atoms with van der Waals surface area (Å²) < 4.78 is 20.5. The van der Waals surface area contributed by atoms with Crippen molar-refractivity contribution in [1.29, 1.82) is 0 Å². The maximum Gasteiger partial charge on any atom is 0.262 e. The van der Waals surface area contributed by atoms with Crippen molar-refractivity contribution >= 4 is 34.0 Å². The first kappa shape index (κ1) is 24.5. The monoisotopic (exact) mass is 491 g/mol. The van der Waals surface area contributed by atoms with Crippen LogP contribution in [-0.2, 0) is 4.79 Å². The van der Waals surface area contributed by atoms with Gasteiger partial charge in [-0.2, -0.15) is 5.10 Å². The smallest absolute Gasteiger partial charge is 0.262 e. The van der Waals surface area contributed by atoms with E-state index in [1.54, 1.807) is 19.9 Å². The van der Waals surface area contributed by atoms with Crippen molar-refractivity contribution in [3.8, 4) is 5.75 Å². The molecule has 0 bridgehead atoms. The maximum absolute atomic E-state index is 13.9. The summed E-state index contributed by atoms with van der Waals surface area (Å²) in [5, 5.41) is 6.60. The first-order valence-electron chi connectivity index (χ1n) is 10.1. The molecule has 2 amide bonds. The van der Waals surface area contributed by atoms with Gasteiger partial charge in [0.05, 0.1) is 18.4 Å². The predicted octanol–water partition coefficient (Wildman–Crippen LogP) is 4.67. The van der Waals surface area contributed by atoms with Crippen LogP contribution in [0.25, 0.3) is 0 Å². The summed E-state index contributed by atoms with van der Waals surface area (Å²) in [7, 11) is 0. The van der Waals surface area contributed by atoms with Crippen molar-refractivity contribution in [3.05, 3.63) is 63.9 Å². The van der Waals surface area contributed by atoms with Gasteiger partial charge in [0.25, 0.3) is 11.8 Å². The van der Waals surface area contributed by atoms with Crippen molar-refractivity contribution in [1.82, 2.24) is 10.7 Å². The highest BCUT2D eigenvalue weighted by molar-refractivity contribution is 9.10. The van der Waals surface area contributed by atoms with Crippen LogP contribution in [0.2, 0.25) is 0 Å². The number of hydrazone groups is 1. The standard InChI is InChI=1S/C23H27BrFN3O3/c1-4-5-12-31-20-11-10-17(24)13-16(20)14-26-28-23(30)21(15(2)3)27-22(29)18-8-6-7-9-19(18)25/h6-11,13-15,21H,4-5,12H2,1-3H3,(H,27,29)(H,28,30). The van der Waals surface area contributed by atoms with Crippen LogP contribution in [0.3, 0.4) is 0 Å². The lowest BCUT2D eigenvalue weighted by Gasteiger charge is -2.20. The van der Waals surface area contributed by atoms with Crippen LogP contribution in [0.15, 0.2) is 52.0 Å². The van der Waals surface area contributed by atoms with Crippen LogP contribution >= 0.6 is 15.9 Å². The quantitative estimate of drug-likeness (QED) is 0.287. The number of amides is 2. The van der Waals surface area contributed by atoms with Gasteiger partial charge in [0.1, 0.15) is 17.6 Å². The lowest BCUT2D eigenvalue weighted by Crippen LogP contribution is -2.48. The van der Waals surface area contributed by atoms with Crippen molar-refractivity contribution in [2.45, 2.75) is 39.7 Å². The Morgan fingerprint density at radius 1 is 1.23 bits per heavy atom. The zero-order valence-electron chi connectivity index (χ0n) is 17.8. The van der Waals surface area contributed by atoms with Gasteiger partial charge in [0.15, 0.2) is 0 Å². The van der Waals surface area contributed by atoms with E-state index >= 15 is 0 Å². The third-order valence-electron chi connectivity index (χ3n) is 4.46. The molecular weight excluding hydrogens is 465 g/mol. The Balaban J connectivity index is 2.06. The molecule has 1 atom stereocenters. The molecule has 0 aliphatic heterocycles. The first-order chi connectivity index (χ1) is 14.8. The highest BCUT2D eigenvalue weighted by Crippen LogP contribution is 2.22. The Labute approximate surface area is 190 Å². The molecule has 166 valence electrons. The Bertz CT molecular complexity index is 934. The maximum atomic E-state index is 13.9. The summed E-state index contributed by atoms with van der Waals surface area (Å²) in [6.07, 6.45) is 3.44. The number of benzene rings is 2. The van der Waals surface area contributed by atoms with Gasteiger partial charge in [0.2, 0.25) is 0 Å². The first-order valence-corrected chi connectivity index (χ1v) is 10.9. The number of halogens is 2. The summed E-state index contributed by atoms with van der Waals surface area (Å²) >= 11 is 3.41. The minimum atomic E-state index is -0.882. The van der Waals surface area contributed by atoms with Gasteiger partial charge < -0.3 is 10.1 Å². The van der Waals surface area contributed by atoms with E-state index in [2.05, 4.69) is 38.7 Å². The number of unbranched alkanes of at least 4 members (excludes halogenated alkanes) is 1. The average Bonchev–Trinajstić information content (AvgIpc) is 2.73. The Morgan fingerprint density at radius 2 is 1.97 bits per heavy atom. The highest BCUT2D eigenvalue weighted by atomic mass is 79.9.